The van der Waals surface area contributed by atoms with Gasteiger partial charge >= 0.3 is 5.97 Å². The van der Waals surface area contributed by atoms with E-state index in [9.17, 15) is 4.79 Å². The lowest BCUT2D eigenvalue weighted by molar-refractivity contribution is -0.236. The van der Waals surface area contributed by atoms with Gasteiger partial charge in [0, 0.05) is 6.42 Å². The molecule has 3 fully saturated rings. The number of esters is 1. The smallest absolute Gasteiger partial charge is 0.324 e. The van der Waals surface area contributed by atoms with Crippen LogP contribution >= 0.6 is 0 Å². The third-order valence-electron chi connectivity index (χ3n) is 4.36. The van der Waals surface area contributed by atoms with Crippen molar-refractivity contribution in [2.45, 2.75) is 102 Å². The Hall–Kier alpha value is -0.770. The van der Waals surface area contributed by atoms with E-state index < -0.39 is 48.2 Å². The molecule has 25 heavy (non-hydrogen) atoms. The second-order valence-corrected chi connectivity index (χ2v) is 7.98. The first-order valence-electron chi connectivity index (χ1n) is 8.76. The van der Waals surface area contributed by atoms with Gasteiger partial charge in [0.2, 0.25) is 0 Å². The van der Waals surface area contributed by atoms with Crippen LogP contribution in [-0.2, 0) is 33.2 Å². The highest BCUT2D eigenvalue weighted by Crippen LogP contribution is 2.44. The fourth-order valence-corrected chi connectivity index (χ4v) is 3.53. The van der Waals surface area contributed by atoms with E-state index >= 15 is 0 Å². The molecule has 0 aromatic heterocycles. The zero-order valence-electron chi connectivity index (χ0n) is 15.6. The molecule has 0 aromatic rings. The van der Waals surface area contributed by atoms with E-state index in [4.69, 9.17) is 34.2 Å². The quantitative estimate of drug-likeness (QED) is 0.700. The molecule has 0 bridgehead atoms. The van der Waals surface area contributed by atoms with E-state index in [2.05, 4.69) is 0 Å². The largest absolute Gasteiger partial charge is 0.462 e. The lowest BCUT2D eigenvalue weighted by Crippen LogP contribution is -2.56. The third kappa shape index (κ3) is 3.99. The molecule has 143 valence electrons. The minimum Gasteiger partial charge on any atom is -0.462 e. The van der Waals surface area contributed by atoms with Crippen molar-refractivity contribution in [3.05, 3.63) is 0 Å². The molecule has 8 nitrogen and oxygen atoms in total. The molecule has 0 spiro atoms. The number of hydrogen-bond donors (Lipinski definition) is 0. The minimum atomic E-state index is -1.06. The van der Waals surface area contributed by atoms with Crippen LogP contribution in [0.5, 0.6) is 0 Å². The Morgan fingerprint density at radius 1 is 1.00 bits per heavy atom. The Morgan fingerprint density at radius 2 is 1.56 bits per heavy atom. The average molecular weight is 358 g/mol. The van der Waals surface area contributed by atoms with Crippen molar-refractivity contribution in [2.75, 3.05) is 0 Å². The maximum absolute atomic E-state index is 12.0. The predicted molar refractivity (Wildman–Crippen MR) is 85.3 cm³/mol. The topological polar surface area (TPSA) is 96.3 Å². The van der Waals surface area contributed by atoms with Crippen LogP contribution < -0.4 is 5.73 Å². The molecule has 8 heteroatoms. The van der Waals surface area contributed by atoms with Gasteiger partial charge in [-0.25, -0.2) is 5.73 Å². The summed E-state index contributed by atoms with van der Waals surface area (Å²) in [6, 6.07) is -1.06. The van der Waals surface area contributed by atoms with Gasteiger partial charge in [-0.1, -0.05) is 0 Å². The number of nitrogens with one attached hydrogen (secondary N) is 1. The summed E-state index contributed by atoms with van der Waals surface area (Å²) < 4.78 is 34.8. The summed E-state index contributed by atoms with van der Waals surface area (Å²) in [5.74, 6) is -2.15. The van der Waals surface area contributed by atoms with Gasteiger partial charge in [0.1, 0.15) is 24.4 Å². The molecule has 3 aliphatic rings. The summed E-state index contributed by atoms with van der Waals surface area (Å²) in [6.07, 6.45) is -2.49. The van der Waals surface area contributed by atoms with Crippen molar-refractivity contribution in [3.63, 3.8) is 0 Å². The average Bonchev–Trinajstić information content (AvgIpc) is 2.92. The fraction of sp³-hybridized carbons (Fsp3) is 0.941. The predicted octanol–water partition coefficient (Wildman–Crippen LogP) is 1.38. The minimum absolute atomic E-state index is 0.138. The number of hydrogen-bond acceptors (Lipinski definition) is 7. The summed E-state index contributed by atoms with van der Waals surface area (Å²) in [7, 11) is 0. The lowest BCUT2D eigenvalue weighted by Gasteiger charge is -2.37. The van der Waals surface area contributed by atoms with Gasteiger partial charge in [-0.3, -0.25) is 4.79 Å². The normalized spacial score (nSPS) is 39.8. The summed E-state index contributed by atoms with van der Waals surface area (Å²) in [5, 5.41) is 0. The zero-order chi connectivity index (χ0) is 18.6. The standard InChI is InChI=1S/C17H28NO7/c1-8(2)20-14(19)9(18)7-10-11-12(23-16(3,4)22-11)13-15(21-10)25-17(5,6)24-13/h8-13,15,18H,7H2,1-6H3/t9-,10+,11-,12-,13+,15+/m0/s1. The zero-order valence-corrected chi connectivity index (χ0v) is 15.6. The van der Waals surface area contributed by atoms with Crippen LogP contribution in [0, 0.1) is 0 Å². The molecule has 6 atom stereocenters. The summed E-state index contributed by atoms with van der Waals surface area (Å²) >= 11 is 0. The highest BCUT2D eigenvalue weighted by Gasteiger charge is 2.60. The molecule has 1 N–H and O–H groups in total. The van der Waals surface area contributed by atoms with Crippen LogP contribution in [-0.4, -0.2) is 60.4 Å². The van der Waals surface area contributed by atoms with Crippen molar-refractivity contribution in [1.29, 1.82) is 0 Å². The van der Waals surface area contributed by atoms with Crippen LogP contribution in [0.4, 0.5) is 0 Å². The summed E-state index contributed by atoms with van der Waals surface area (Å²) in [4.78, 5) is 12.0. The Balaban J connectivity index is 1.74. The van der Waals surface area contributed by atoms with E-state index in [1.165, 1.54) is 0 Å². The Morgan fingerprint density at radius 3 is 2.20 bits per heavy atom. The van der Waals surface area contributed by atoms with Crippen molar-refractivity contribution in [2.24, 2.45) is 0 Å². The van der Waals surface area contributed by atoms with Crippen LogP contribution in [0.1, 0.15) is 48.0 Å². The first-order valence-corrected chi connectivity index (χ1v) is 8.76. The molecular formula is C17H28NO7. The van der Waals surface area contributed by atoms with Gasteiger partial charge in [-0.15, -0.1) is 0 Å². The van der Waals surface area contributed by atoms with E-state index in [0.29, 0.717) is 0 Å². The Labute approximate surface area is 148 Å². The van der Waals surface area contributed by atoms with E-state index in [0.717, 1.165) is 0 Å². The van der Waals surface area contributed by atoms with E-state index in [-0.39, 0.29) is 18.6 Å². The highest BCUT2D eigenvalue weighted by molar-refractivity contribution is 5.75. The maximum Gasteiger partial charge on any atom is 0.324 e. The van der Waals surface area contributed by atoms with Crippen molar-refractivity contribution in [3.8, 4) is 0 Å². The SMILES string of the molecule is CC(C)OC(=O)[C@@H]([NH])C[C@H]1O[C@@H]2OC(C)(C)O[C@@H]2[C@H]2OC(C)(C)O[C@H]21. The lowest BCUT2D eigenvalue weighted by atomic mass is 9.94. The molecule has 1 radical (unpaired) electrons. The first-order chi connectivity index (χ1) is 11.5. The van der Waals surface area contributed by atoms with Gasteiger partial charge in [0.05, 0.1) is 12.2 Å². The number of carbonyl (C=O) groups is 1. The van der Waals surface area contributed by atoms with Crippen molar-refractivity contribution in [1.82, 2.24) is 5.73 Å². The highest BCUT2D eigenvalue weighted by atomic mass is 16.9. The summed E-state index contributed by atoms with van der Waals surface area (Å²) in [6.45, 7) is 10.8. The Kier molecular flexibility index (Phi) is 4.89. The van der Waals surface area contributed by atoms with Crippen molar-refractivity contribution < 1.29 is 33.2 Å². The molecule has 0 saturated carbocycles. The number of fused-ring (bicyclic) bond motifs is 3. The second kappa shape index (κ2) is 6.44. The molecule has 3 aliphatic heterocycles. The summed E-state index contributed by atoms with van der Waals surface area (Å²) in [5.41, 5.74) is 8.10. The van der Waals surface area contributed by atoms with Gasteiger partial charge in [0.25, 0.3) is 0 Å². The molecule has 0 unspecified atom stereocenters. The van der Waals surface area contributed by atoms with E-state index in [1.54, 1.807) is 13.8 Å². The molecule has 3 heterocycles. The van der Waals surface area contributed by atoms with Crippen LogP contribution in [0.2, 0.25) is 0 Å². The molecule has 3 saturated heterocycles. The molecule has 0 amide bonds. The van der Waals surface area contributed by atoms with Crippen LogP contribution in [0.15, 0.2) is 0 Å². The van der Waals surface area contributed by atoms with Gasteiger partial charge in [-0.2, -0.15) is 0 Å². The van der Waals surface area contributed by atoms with Gasteiger partial charge in [-0.05, 0) is 41.5 Å². The first kappa shape index (κ1) is 19.0. The van der Waals surface area contributed by atoms with Crippen LogP contribution in [0.25, 0.3) is 0 Å². The number of carbonyl (C=O) groups excluding carboxylic acids is 1. The fourth-order valence-electron chi connectivity index (χ4n) is 3.53. The third-order valence-corrected chi connectivity index (χ3v) is 4.36. The molecule has 0 aliphatic carbocycles. The van der Waals surface area contributed by atoms with Crippen molar-refractivity contribution >= 4 is 5.97 Å². The molecule has 3 rings (SSSR count). The molecular weight excluding hydrogens is 330 g/mol. The maximum atomic E-state index is 12.0. The number of rotatable bonds is 4. The monoisotopic (exact) mass is 358 g/mol. The van der Waals surface area contributed by atoms with E-state index in [1.807, 2.05) is 27.7 Å². The molecule has 0 aromatic carbocycles. The van der Waals surface area contributed by atoms with Gasteiger partial charge < -0.3 is 28.4 Å². The second-order valence-electron chi connectivity index (χ2n) is 7.98. The number of ether oxygens (including phenoxy) is 6. The van der Waals surface area contributed by atoms with Gasteiger partial charge in [0.15, 0.2) is 17.9 Å². The van der Waals surface area contributed by atoms with Crippen LogP contribution in [0.3, 0.4) is 0 Å². The Bertz CT molecular complexity index is 521.